The van der Waals surface area contributed by atoms with Crippen LogP contribution in [0.5, 0.6) is 0 Å². The average molecular weight is 262 g/mol. The van der Waals surface area contributed by atoms with E-state index in [1.54, 1.807) is 4.90 Å². The molecule has 0 aliphatic carbocycles. The van der Waals surface area contributed by atoms with Gasteiger partial charge in [0.2, 0.25) is 5.91 Å². The Morgan fingerprint density at radius 1 is 1.47 bits per heavy atom. The summed E-state index contributed by atoms with van der Waals surface area (Å²) in [5.74, 6) is -0.0687. The summed E-state index contributed by atoms with van der Waals surface area (Å²) in [5, 5.41) is 2.37. The number of nitrogens with one attached hydrogen (secondary N) is 1. The minimum atomic E-state index is -0.305. The predicted octanol–water partition coefficient (Wildman–Crippen LogP) is 0.877. The van der Waals surface area contributed by atoms with Gasteiger partial charge in [-0.15, -0.1) is 11.6 Å². The van der Waals surface area contributed by atoms with Gasteiger partial charge in [0.1, 0.15) is 0 Å². The van der Waals surface area contributed by atoms with Gasteiger partial charge in [-0.05, 0) is 26.9 Å². The summed E-state index contributed by atoms with van der Waals surface area (Å²) < 4.78 is 0. The molecular weight excluding hydrogens is 242 g/mol. The first-order chi connectivity index (χ1) is 8.04. The van der Waals surface area contributed by atoms with Gasteiger partial charge >= 0.3 is 6.03 Å². The van der Waals surface area contributed by atoms with Crippen molar-refractivity contribution in [2.75, 3.05) is 33.1 Å². The molecule has 1 heterocycles. The Balaban J connectivity index is 2.47. The molecule has 0 bridgehead atoms. The summed E-state index contributed by atoms with van der Waals surface area (Å²) in [5.41, 5.74) is 0. The van der Waals surface area contributed by atoms with Crippen LogP contribution < -0.4 is 5.32 Å². The maximum atomic E-state index is 11.9. The fourth-order valence-electron chi connectivity index (χ4n) is 2.05. The molecule has 98 valence electrons. The molecule has 5 nitrogen and oxygen atoms in total. The summed E-state index contributed by atoms with van der Waals surface area (Å²) in [7, 11) is 3.96. The Kier molecular flexibility index (Phi) is 5.71. The van der Waals surface area contributed by atoms with Crippen LogP contribution in [0.4, 0.5) is 4.79 Å². The first-order valence-electron chi connectivity index (χ1n) is 5.85. The Morgan fingerprint density at radius 2 is 2.18 bits per heavy atom. The Morgan fingerprint density at radius 3 is 2.76 bits per heavy atom. The highest BCUT2D eigenvalue weighted by Gasteiger charge is 2.29. The van der Waals surface area contributed by atoms with Crippen molar-refractivity contribution in [3.63, 3.8) is 0 Å². The van der Waals surface area contributed by atoms with Crippen LogP contribution in [0.1, 0.15) is 19.3 Å². The fourth-order valence-corrected chi connectivity index (χ4v) is 2.23. The van der Waals surface area contributed by atoms with Gasteiger partial charge in [-0.2, -0.15) is 0 Å². The number of amides is 3. The molecule has 1 aliphatic heterocycles. The standard InChI is InChI=1S/C11H20ClN3O2/c1-14(2)8-9-4-3-7-15(9)11(17)13-10(16)5-6-12/h9H,3-8H2,1-2H3,(H,13,16,17). The number of urea groups is 1. The van der Waals surface area contributed by atoms with Crippen LogP contribution in [0.25, 0.3) is 0 Å². The zero-order chi connectivity index (χ0) is 12.8. The van der Waals surface area contributed by atoms with E-state index in [1.165, 1.54) is 0 Å². The third kappa shape index (κ3) is 4.52. The number of carbonyl (C=O) groups is 2. The fraction of sp³-hybridized carbons (Fsp3) is 0.818. The number of rotatable bonds is 4. The number of hydrogen-bond donors (Lipinski definition) is 1. The van der Waals surface area contributed by atoms with Crippen LogP contribution in [-0.4, -0.2) is 60.8 Å². The lowest BCUT2D eigenvalue weighted by molar-refractivity contribution is -0.119. The van der Waals surface area contributed by atoms with Gasteiger partial charge in [-0.1, -0.05) is 0 Å². The molecule has 0 spiro atoms. The van der Waals surface area contributed by atoms with E-state index in [4.69, 9.17) is 11.6 Å². The monoisotopic (exact) mass is 261 g/mol. The summed E-state index contributed by atoms with van der Waals surface area (Å²) in [6.07, 6.45) is 2.17. The quantitative estimate of drug-likeness (QED) is 0.765. The normalized spacial score (nSPS) is 19.8. The molecule has 1 fully saturated rings. The minimum absolute atomic E-state index is 0.180. The van der Waals surface area contributed by atoms with Crippen molar-refractivity contribution in [1.29, 1.82) is 0 Å². The van der Waals surface area contributed by atoms with E-state index < -0.39 is 0 Å². The minimum Gasteiger partial charge on any atom is -0.320 e. The van der Waals surface area contributed by atoms with Crippen molar-refractivity contribution < 1.29 is 9.59 Å². The zero-order valence-corrected chi connectivity index (χ0v) is 11.2. The van der Waals surface area contributed by atoms with Crippen LogP contribution in [0.2, 0.25) is 0 Å². The third-order valence-corrected chi connectivity index (χ3v) is 2.97. The highest BCUT2D eigenvalue weighted by Crippen LogP contribution is 2.17. The van der Waals surface area contributed by atoms with Gasteiger partial charge in [-0.25, -0.2) is 4.79 Å². The molecule has 1 atom stereocenters. The van der Waals surface area contributed by atoms with Crippen LogP contribution in [-0.2, 0) is 4.79 Å². The molecule has 1 N–H and O–H groups in total. The van der Waals surface area contributed by atoms with Crippen molar-refractivity contribution in [3.05, 3.63) is 0 Å². The number of nitrogens with zero attached hydrogens (tertiary/aromatic N) is 2. The van der Waals surface area contributed by atoms with E-state index in [0.29, 0.717) is 0 Å². The molecule has 3 amide bonds. The maximum absolute atomic E-state index is 11.9. The van der Waals surface area contributed by atoms with Gasteiger partial charge in [0.15, 0.2) is 0 Å². The van der Waals surface area contributed by atoms with E-state index in [9.17, 15) is 9.59 Å². The number of carbonyl (C=O) groups excluding carboxylic acids is 2. The second-order valence-electron chi connectivity index (χ2n) is 4.54. The number of imide groups is 1. The van der Waals surface area contributed by atoms with Crippen LogP contribution in [0.15, 0.2) is 0 Å². The van der Waals surface area contributed by atoms with E-state index in [-0.39, 0.29) is 30.3 Å². The maximum Gasteiger partial charge on any atom is 0.324 e. The summed E-state index contributed by atoms with van der Waals surface area (Å²) in [6.45, 7) is 1.55. The zero-order valence-electron chi connectivity index (χ0n) is 10.4. The van der Waals surface area contributed by atoms with Gasteiger partial charge in [0.25, 0.3) is 0 Å². The summed E-state index contributed by atoms with van der Waals surface area (Å²) in [4.78, 5) is 26.9. The molecular formula is C11H20ClN3O2. The molecule has 17 heavy (non-hydrogen) atoms. The van der Waals surface area contributed by atoms with Crippen molar-refractivity contribution in [3.8, 4) is 0 Å². The Labute approximate surface area is 107 Å². The van der Waals surface area contributed by atoms with Gasteiger partial charge in [-0.3, -0.25) is 10.1 Å². The number of halogens is 1. The van der Waals surface area contributed by atoms with Crippen LogP contribution in [0, 0.1) is 0 Å². The molecule has 0 saturated carbocycles. The summed E-state index contributed by atoms with van der Waals surface area (Å²) >= 11 is 5.44. The lowest BCUT2D eigenvalue weighted by atomic mass is 10.2. The second-order valence-corrected chi connectivity index (χ2v) is 4.92. The van der Waals surface area contributed by atoms with Crippen molar-refractivity contribution in [2.24, 2.45) is 0 Å². The molecule has 1 saturated heterocycles. The number of alkyl halides is 1. The number of hydrogen-bond acceptors (Lipinski definition) is 3. The SMILES string of the molecule is CN(C)CC1CCCN1C(=O)NC(=O)CCCl. The molecule has 6 heteroatoms. The van der Waals surface area contributed by atoms with Gasteiger partial charge < -0.3 is 9.80 Å². The molecule has 0 aromatic heterocycles. The molecule has 1 rings (SSSR count). The second kappa shape index (κ2) is 6.81. The molecule has 0 radical (unpaired) electrons. The Hall–Kier alpha value is -0.810. The van der Waals surface area contributed by atoms with Crippen LogP contribution in [0.3, 0.4) is 0 Å². The topological polar surface area (TPSA) is 52.6 Å². The first-order valence-corrected chi connectivity index (χ1v) is 6.39. The van der Waals surface area contributed by atoms with E-state index in [1.807, 2.05) is 14.1 Å². The predicted molar refractivity (Wildman–Crippen MR) is 67.2 cm³/mol. The van der Waals surface area contributed by atoms with E-state index >= 15 is 0 Å². The van der Waals surface area contributed by atoms with Crippen molar-refractivity contribution in [2.45, 2.75) is 25.3 Å². The van der Waals surface area contributed by atoms with Crippen molar-refractivity contribution in [1.82, 2.24) is 15.1 Å². The van der Waals surface area contributed by atoms with Crippen molar-refractivity contribution >= 4 is 23.5 Å². The van der Waals surface area contributed by atoms with E-state index in [0.717, 1.165) is 25.9 Å². The lowest BCUT2D eigenvalue weighted by Gasteiger charge is -2.26. The highest BCUT2D eigenvalue weighted by molar-refractivity contribution is 6.19. The first kappa shape index (κ1) is 14.3. The third-order valence-electron chi connectivity index (χ3n) is 2.78. The molecule has 0 aromatic carbocycles. The highest BCUT2D eigenvalue weighted by atomic mass is 35.5. The number of likely N-dealkylation sites (tertiary alicyclic amines) is 1. The van der Waals surface area contributed by atoms with Gasteiger partial charge in [0.05, 0.1) is 0 Å². The smallest absolute Gasteiger partial charge is 0.320 e. The van der Waals surface area contributed by atoms with E-state index in [2.05, 4.69) is 10.2 Å². The lowest BCUT2D eigenvalue weighted by Crippen LogP contribution is -2.48. The summed E-state index contributed by atoms with van der Waals surface area (Å²) in [6, 6.07) is -0.0849. The average Bonchev–Trinajstić information content (AvgIpc) is 2.65. The molecule has 1 unspecified atom stereocenters. The molecule has 0 aromatic rings. The van der Waals surface area contributed by atoms with Crippen LogP contribution >= 0.6 is 11.6 Å². The van der Waals surface area contributed by atoms with Gasteiger partial charge in [0, 0.05) is 31.4 Å². The Bertz CT molecular complexity index is 284. The number of likely N-dealkylation sites (N-methyl/N-ethyl adjacent to an activating group) is 1. The molecule has 1 aliphatic rings. The largest absolute Gasteiger partial charge is 0.324 e.